The monoisotopic (exact) mass is 397 g/mol. The SMILES string of the molecule is Cc1ccc(S(=O)(=O)Oc2ccccc2CN[C@@H](CO)c2ccccc2)cc1. The number of aliphatic hydroxyl groups is 1. The molecule has 0 radical (unpaired) electrons. The van der Waals surface area contributed by atoms with Gasteiger partial charge in [-0.15, -0.1) is 0 Å². The van der Waals surface area contributed by atoms with Gasteiger partial charge in [-0.2, -0.15) is 8.42 Å². The number of aryl methyl sites for hydroxylation is 1. The van der Waals surface area contributed by atoms with E-state index in [0.717, 1.165) is 11.1 Å². The van der Waals surface area contributed by atoms with E-state index in [9.17, 15) is 13.5 Å². The Labute approximate surface area is 165 Å². The van der Waals surface area contributed by atoms with E-state index in [-0.39, 0.29) is 23.3 Å². The fraction of sp³-hybridized carbons (Fsp3) is 0.182. The van der Waals surface area contributed by atoms with Gasteiger partial charge in [0.25, 0.3) is 0 Å². The molecule has 0 amide bonds. The Hall–Kier alpha value is -2.67. The third-order valence-electron chi connectivity index (χ3n) is 4.41. The molecule has 3 aromatic carbocycles. The summed E-state index contributed by atoms with van der Waals surface area (Å²) >= 11 is 0. The Morgan fingerprint density at radius 2 is 1.57 bits per heavy atom. The first-order valence-corrected chi connectivity index (χ1v) is 10.4. The van der Waals surface area contributed by atoms with Gasteiger partial charge in [0.1, 0.15) is 10.6 Å². The summed E-state index contributed by atoms with van der Waals surface area (Å²) in [6.07, 6.45) is 0. The van der Waals surface area contributed by atoms with E-state index in [1.165, 1.54) is 12.1 Å². The third kappa shape index (κ3) is 4.98. The van der Waals surface area contributed by atoms with Crippen LogP contribution in [0.1, 0.15) is 22.7 Å². The Kier molecular flexibility index (Phi) is 6.46. The van der Waals surface area contributed by atoms with Gasteiger partial charge in [-0.25, -0.2) is 0 Å². The molecule has 0 aliphatic rings. The molecule has 3 rings (SSSR count). The lowest BCUT2D eigenvalue weighted by Crippen LogP contribution is -2.24. The Balaban J connectivity index is 1.77. The van der Waals surface area contributed by atoms with Crippen LogP contribution < -0.4 is 9.50 Å². The van der Waals surface area contributed by atoms with Crippen LogP contribution >= 0.6 is 0 Å². The molecule has 28 heavy (non-hydrogen) atoms. The molecule has 2 N–H and O–H groups in total. The Morgan fingerprint density at radius 1 is 0.929 bits per heavy atom. The van der Waals surface area contributed by atoms with E-state index >= 15 is 0 Å². The van der Waals surface area contributed by atoms with Crippen molar-refractivity contribution >= 4 is 10.1 Å². The number of aliphatic hydroxyl groups excluding tert-OH is 1. The highest BCUT2D eigenvalue weighted by Crippen LogP contribution is 2.24. The summed E-state index contributed by atoms with van der Waals surface area (Å²) in [5.41, 5.74) is 2.61. The average Bonchev–Trinajstić information content (AvgIpc) is 2.70. The summed E-state index contributed by atoms with van der Waals surface area (Å²) in [5.74, 6) is 0.264. The normalized spacial score (nSPS) is 12.5. The summed E-state index contributed by atoms with van der Waals surface area (Å²) in [4.78, 5) is 0.110. The van der Waals surface area contributed by atoms with Crippen molar-refractivity contribution in [1.29, 1.82) is 0 Å². The zero-order valence-electron chi connectivity index (χ0n) is 15.6. The van der Waals surface area contributed by atoms with Gasteiger partial charge in [0.15, 0.2) is 0 Å². The molecule has 6 heteroatoms. The smallest absolute Gasteiger partial charge is 0.339 e. The molecule has 0 heterocycles. The van der Waals surface area contributed by atoms with Crippen molar-refractivity contribution in [1.82, 2.24) is 5.32 Å². The maximum absolute atomic E-state index is 12.6. The number of benzene rings is 3. The minimum Gasteiger partial charge on any atom is -0.394 e. The highest BCUT2D eigenvalue weighted by Gasteiger charge is 2.19. The Morgan fingerprint density at radius 3 is 2.25 bits per heavy atom. The van der Waals surface area contributed by atoms with Crippen LogP contribution in [0.25, 0.3) is 0 Å². The van der Waals surface area contributed by atoms with E-state index in [1.807, 2.05) is 43.3 Å². The molecule has 0 bridgehead atoms. The lowest BCUT2D eigenvalue weighted by molar-refractivity contribution is 0.243. The second-order valence-electron chi connectivity index (χ2n) is 6.48. The first-order valence-electron chi connectivity index (χ1n) is 8.98. The fourth-order valence-corrected chi connectivity index (χ4v) is 3.77. The standard InChI is InChI=1S/C22H23NO4S/c1-17-11-13-20(14-12-17)28(25,26)27-22-10-6-5-9-19(22)15-23-21(16-24)18-7-3-2-4-8-18/h2-14,21,23-24H,15-16H2,1H3/t21-/m0/s1. The summed E-state index contributed by atoms with van der Waals surface area (Å²) in [6, 6.07) is 22.8. The van der Waals surface area contributed by atoms with Crippen LogP contribution in [0.5, 0.6) is 5.75 Å². The van der Waals surface area contributed by atoms with Gasteiger partial charge in [0.05, 0.1) is 12.6 Å². The predicted octanol–water partition coefficient (Wildman–Crippen LogP) is 3.59. The maximum Gasteiger partial charge on any atom is 0.339 e. The number of hydrogen-bond acceptors (Lipinski definition) is 5. The number of para-hydroxylation sites is 1. The van der Waals surface area contributed by atoms with Crippen molar-refractivity contribution in [3.63, 3.8) is 0 Å². The van der Waals surface area contributed by atoms with Crippen molar-refractivity contribution in [3.8, 4) is 5.75 Å². The van der Waals surface area contributed by atoms with Gasteiger partial charge in [-0.3, -0.25) is 0 Å². The molecule has 3 aromatic rings. The average molecular weight is 397 g/mol. The van der Waals surface area contributed by atoms with Crippen LogP contribution in [0.3, 0.4) is 0 Å². The predicted molar refractivity (Wildman–Crippen MR) is 109 cm³/mol. The van der Waals surface area contributed by atoms with Gasteiger partial charge in [0.2, 0.25) is 0 Å². The molecule has 0 saturated heterocycles. The van der Waals surface area contributed by atoms with Gasteiger partial charge in [-0.1, -0.05) is 66.2 Å². The van der Waals surface area contributed by atoms with Gasteiger partial charge < -0.3 is 14.6 Å². The lowest BCUT2D eigenvalue weighted by atomic mass is 10.1. The molecule has 0 aromatic heterocycles. The summed E-state index contributed by atoms with van der Waals surface area (Å²) in [7, 11) is -3.93. The molecule has 1 atom stereocenters. The van der Waals surface area contributed by atoms with Gasteiger partial charge in [-0.05, 0) is 30.7 Å². The largest absolute Gasteiger partial charge is 0.394 e. The molecule has 0 spiro atoms. The van der Waals surface area contributed by atoms with Crippen molar-refractivity contribution < 1.29 is 17.7 Å². The quantitative estimate of drug-likeness (QED) is 0.568. The maximum atomic E-state index is 12.6. The van der Waals surface area contributed by atoms with Crippen LogP contribution in [0.15, 0.2) is 83.8 Å². The summed E-state index contributed by atoms with van der Waals surface area (Å²) < 4.78 is 30.6. The third-order valence-corrected chi connectivity index (χ3v) is 5.65. The Bertz CT molecular complexity index is 1000. The topological polar surface area (TPSA) is 75.6 Å². The van der Waals surface area contributed by atoms with Gasteiger partial charge >= 0.3 is 10.1 Å². The minimum absolute atomic E-state index is 0.0747. The number of hydrogen-bond donors (Lipinski definition) is 2. The first-order chi connectivity index (χ1) is 13.5. The van der Waals surface area contributed by atoms with Crippen LogP contribution in [0.2, 0.25) is 0 Å². The fourth-order valence-electron chi connectivity index (χ4n) is 2.81. The zero-order chi connectivity index (χ0) is 20.0. The van der Waals surface area contributed by atoms with Crippen molar-refractivity contribution in [3.05, 3.63) is 95.6 Å². The second kappa shape index (κ2) is 9.01. The van der Waals surface area contributed by atoms with Crippen molar-refractivity contribution in [2.24, 2.45) is 0 Å². The van der Waals surface area contributed by atoms with E-state index in [0.29, 0.717) is 12.1 Å². The molecule has 0 aliphatic carbocycles. The van der Waals surface area contributed by atoms with Crippen LogP contribution in [0.4, 0.5) is 0 Å². The second-order valence-corrected chi connectivity index (χ2v) is 8.03. The summed E-state index contributed by atoms with van der Waals surface area (Å²) in [6.45, 7) is 2.16. The first kappa shape index (κ1) is 20.1. The van der Waals surface area contributed by atoms with E-state index < -0.39 is 10.1 Å². The van der Waals surface area contributed by atoms with Crippen molar-refractivity contribution in [2.75, 3.05) is 6.61 Å². The number of rotatable bonds is 8. The van der Waals surface area contributed by atoms with Crippen LogP contribution in [-0.4, -0.2) is 20.1 Å². The minimum atomic E-state index is -3.93. The van der Waals surface area contributed by atoms with Gasteiger partial charge in [0, 0.05) is 12.1 Å². The number of nitrogens with one attached hydrogen (secondary N) is 1. The molecular formula is C22H23NO4S. The van der Waals surface area contributed by atoms with Crippen molar-refractivity contribution in [2.45, 2.75) is 24.4 Å². The molecular weight excluding hydrogens is 374 g/mol. The van der Waals surface area contributed by atoms with Crippen LogP contribution in [-0.2, 0) is 16.7 Å². The molecule has 0 fully saturated rings. The molecule has 0 aliphatic heterocycles. The molecule has 146 valence electrons. The molecule has 5 nitrogen and oxygen atoms in total. The molecule has 0 saturated carbocycles. The van der Waals surface area contributed by atoms with E-state index in [4.69, 9.17) is 4.18 Å². The highest BCUT2D eigenvalue weighted by molar-refractivity contribution is 7.87. The highest BCUT2D eigenvalue weighted by atomic mass is 32.2. The molecule has 0 unspecified atom stereocenters. The summed E-state index contributed by atoms with van der Waals surface area (Å²) in [5, 5.41) is 12.9. The zero-order valence-corrected chi connectivity index (χ0v) is 16.4. The van der Waals surface area contributed by atoms with Crippen LogP contribution in [0, 0.1) is 6.92 Å². The lowest BCUT2D eigenvalue weighted by Gasteiger charge is -2.18. The van der Waals surface area contributed by atoms with E-state index in [2.05, 4.69) is 5.32 Å². The van der Waals surface area contributed by atoms with E-state index in [1.54, 1.807) is 30.3 Å².